The van der Waals surface area contributed by atoms with Gasteiger partial charge in [0.25, 0.3) is 0 Å². The van der Waals surface area contributed by atoms with E-state index in [1.165, 1.54) is 6.07 Å². The molecule has 2 rings (SSSR count). The van der Waals surface area contributed by atoms with E-state index in [2.05, 4.69) is 27.7 Å². The Balaban J connectivity index is 0.000000300. The molecule has 0 radical (unpaired) electrons. The highest BCUT2D eigenvalue weighted by Crippen LogP contribution is 2.18. The number of esters is 1. The van der Waals surface area contributed by atoms with Gasteiger partial charge in [0.1, 0.15) is 22.6 Å². The zero-order valence-corrected chi connectivity index (χ0v) is 18.1. The molecule has 0 bridgehead atoms. The maximum atomic E-state index is 11.5. The molecule has 0 aliphatic heterocycles. The van der Waals surface area contributed by atoms with Crippen LogP contribution in [0.2, 0.25) is 0 Å². The van der Waals surface area contributed by atoms with Crippen LogP contribution in [0, 0.1) is 11.8 Å². The number of aromatic carboxylic acids is 1. The van der Waals surface area contributed by atoms with Gasteiger partial charge in [0.05, 0.1) is 13.2 Å². The van der Waals surface area contributed by atoms with Crippen molar-refractivity contribution in [3.8, 4) is 11.5 Å². The molecule has 164 valence electrons. The van der Waals surface area contributed by atoms with E-state index in [1.807, 2.05) is 0 Å². The smallest absolute Gasteiger partial charge is 0.341 e. The van der Waals surface area contributed by atoms with Gasteiger partial charge in [0.2, 0.25) is 0 Å². The largest absolute Gasteiger partial charge is 0.507 e. The monoisotopic (exact) mass is 416 g/mol. The van der Waals surface area contributed by atoms with Crippen LogP contribution >= 0.6 is 0 Å². The summed E-state index contributed by atoms with van der Waals surface area (Å²) in [6, 6.07) is 13.1. The van der Waals surface area contributed by atoms with Crippen molar-refractivity contribution >= 4 is 11.9 Å². The van der Waals surface area contributed by atoms with Crippen LogP contribution < -0.4 is 4.74 Å². The molecule has 2 aromatic rings. The minimum absolute atomic E-state index is 0.0351. The summed E-state index contributed by atoms with van der Waals surface area (Å²) < 4.78 is 10.4. The first-order valence-corrected chi connectivity index (χ1v) is 10.1. The standard InChI is InChI=1S/2C12H16O3/c1-9(2)7-8-15-11-6-4-3-5-10(11)12(13)14;1-9(2)7-8-15-12(14)10-5-3-4-6-11(10)13/h3-6,9H,7-8H2,1-2H3,(H,13,14);3-6,9,13H,7-8H2,1-2H3. The van der Waals surface area contributed by atoms with Crippen molar-refractivity contribution in [1.29, 1.82) is 0 Å². The number of carbonyl (C=O) groups is 2. The second-order valence-electron chi connectivity index (χ2n) is 7.67. The number of phenolic OH excluding ortho intramolecular Hbond substituents is 1. The molecule has 0 aliphatic rings. The lowest BCUT2D eigenvalue weighted by Crippen LogP contribution is -2.08. The molecule has 0 spiro atoms. The first kappa shape index (κ1) is 25.0. The lowest BCUT2D eigenvalue weighted by Gasteiger charge is -2.09. The first-order valence-electron chi connectivity index (χ1n) is 10.1. The number of rotatable bonds is 9. The van der Waals surface area contributed by atoms with Crippen LogP contribution in [0.1, 0.15) is 61.3 Å². The van der Waals surface area contributed by atoms with Gasteiger partial charge < -0.3 is 19.7 Å². The fourth-order valence-corrected chi connectivity index (χ4v) is 2.29. The maximum Gasteiger partial charge on any atom is 0.341 e. The third kappa shape index (κ3) is 9.45. The van der Waals surface area contributed by atoms with Crippen molar-refractivity contribution in [1.82, 2.24) is 0 Å². The van der Waals surface area contributed by atoms with E-state index in [9.17, 15) is 14.7 Å². The molecule has 0 unspecified atom stereocenters. The van der Waals surface area contributed by atoms with E-state index < -0.39 is 11.9 Å². The van der Waals surface area contributed by atoms with Crippen LogP contribution in [0.25, 0.3) is 0 Å². The van der Waals surface area contributed by atoms with Crippen LogP contribution in [-0.2, 0) is 4.74 Å². The molecular weight excluding hydrogens is 384 g/mol. The number of phenols is 1. The number of para-hydroxylation sites is 2. The molecule has 2 N–H and O–H groups in total. The van der Waals surface area contributed by atoms with Crippen molar-refractivity contribution in [3.63, 3.8) is 0 Å². The van der Waals surface area contributed by atoms with Gasteiger partial charge in [-0.15, -0.1) is 0 Å². The lowest BCUT2D eigenvalue weighted by molar-refractivity contribution is 0.0484. The number of ether oxygens (including phenoxy) is 2. The Hall–Kier alpha value is -3.02. The molecule has 0 saturated carbocycles. The summed E-state index contributed by atoms with van der Waals surface area (Å²) in [6.45, 7) is 9.29. The number of hydrogen-bond donors (Lipinski definition) is 2. The second-order valence-corrected chi connectivity index (χ2v) is 7.67. The summed E-state index contributed by atoms with van der Waals surface area (Å²) in [5, 5.41) is 18.3. The van der Waals surface area contributed by atoms with Crippen LogP contribution in [0.3, 0.4) is 0 Å². The summed E-state index contributed by atoms with van der Waals surface area (Å²) >= 11 is 0. The van der Waals surface area contributed by atoms with Gasteiger partial charge in [-0.2, -0.15) is 0 Å². The van der Waals surface area contributed by atoms with E-state index in [0.717, 1.165) is 12.8 Å². The minimum Gasteiger partial charge on any atom is -0.507 e. The van der Waals surface area contributed by atoms with Crippen molar-refractivity contribution in [3.05, 3.63) is 59.7 Å². The van der Waals surface area contributed by atoms with Crippen molar-refractivity contribution < 1.29 is 29.3 Å². The fraction of sp³-hybridized carbons (Fsp3) is 0.417. The maximum absolute atomic E-state index is 11.5. The molecular formula is C24H32O6. The van der Waals surface area contributed by atoms with Gasteiger partial charge in [-0.3, -0.25) is 0 Å². The molecule has 2 aromatic carbocycles. The molecule has 30 heavy (non-hydrogen) atoms. The first-order chi connectivity index (χ1) is 14.2. The normalized spacial score (nSPS) is 10.3. The van der Waals surface area contributed by atoms with Gasteiger partial charge in [-0.1, -0.05) is 52.0 Å². The molecule has 0 fully saturated rings. The molecule has 0 atom stereocenters. The predicted molar refractivity (Wildman–Crippen MR) is 116 cm³/mol. The number of benzene rings is 2. The third-order valence-corrected chi connectivity index (χ3v) is 4.12. The molecule has 0 aromatic heterocycles. The van der Waals surface area contributed by atoms with Gasteiger partial charge in [-0.25, -0.2) is 9.59 Å². The lowest BCUT2D eigenvalue weighted by atomic mass is 10.1. The molecule has 6 heteroatoms. The van der Waals surface area contributed by atoms with Gasteiger partial charge in [0.15, 0.2) is 0 Å². The Kier molecular flexibility index (Phi) is 11.0. The quantitative estimate of drug-likeness (QED) is 0.531. The highest BCUT2D eigenvalue weighted by atomic mass is 16.5. The number of aromatic hydroxyl groups is 1. The minimum atomic E-state index is -0.949. The average molecular weight is 417 g/mol. The molecule has 0 saturated heterocycles. The highest BCUT2D eigenvalue weighted by Gasteiger charge is 2.11. The number of carbonyl (C=O) groups excluding carboxylic acids is 1. The van der Waals surface area contributed by atoms with Gasteiger partial charge in [-0.05, 0) is 48.9 Å². The van der Waals surface area contributed by atoms with E-state index in [4.69, 9.17) is 14.6 Å². The zero-order chi connectivity index (χ0) is 22.5. The Bertz CT molecular complexity index is 798. The summed E-state index contributed by atoms with van der Waals surface area (Å²) in [7, 11) is 0. The zero-order valence-electron chi connectivity index (χ0n) is 18.1. The van der Waals surface area contributed by atoms with E-state index in [0.29, 0.717) is 30.8 Å². The van der Waals surface area contributed by atoms with Crippen LogP contribution in [0.15, 0.2) is 48.5 Å². The molecule has 6 nitrogen and oxygen atoms in total. The number of carboxylic acids is 1. The third-order valence-electron chi connectivity index (χ3n) is 4.12. The average Bonchev–Trinajstić information content (AvgIpc) is 2.68. The Morgan fingerprint density at radius 2 is 1.37 bits per heavy atom. The summed E-state index contributed by atoms with van der Waals surface area (Å²) in [5.41, 5.74) is 0.447. The summed E-state index contributed by atoms with van der Waals surface area (Å²) in [4.78, 5) is 22.3. The topological polar surface area (TPSA) is 93.1 Å². The summed E-state index contributed by atoms with van der Waals surface area (Å²) in [6.07, 6.45) is 1.76. The SMILES string of the molecule is CC(C)CCOC(=O)c1ccccc1O.CC(C)CCOc1ccccc1C(=O)O. The van der Waals surface area contributed by atoms with E-state index in [-0.39, 0.29) is 16.9 Å². The van der Waals surface area contributed by atoms with Gasteiger partial charge >= 0.3 is 11.9 Å². The second kappa shape index (κ2) is 13.2. The van der Waals surface area contributed by atoms with Crippen LogP contribution in [-0.4, -0.2) is 35.4 Å². The Morgan fingerprint density at radius 1 is 0.833 bits per heavy atom. The van der Waals surface area contributed by atoms with Crippen molar-refractivity contribution in [2.45, 2.75) is 40.5 Å². The number of carboxylic acid groups (broad SMARTS) is 1. The predicted octanol–water partition coefficient (Wildman–Crippen LogP) is 5.40. The van der Waals surface area contributed by atoms with Crippen LogP contribution in [0.4, 0.5) is 0 Å². The van der Waals surface area contributed by atoms with E-state index in [1.54, 1.807) is 42.5 Å². The summed E-state index contributed by atoms with van der Waals surface area (Å²) in [5.74, 6) is 0.0609. The van der Waals surface area contributed by atoms with E-state index >= 15 is 0 Å². The molecule has 0 aliphatic carbocycles. The Labute approximate surface area is 178 Å². The van der Waals surface area contributed by atoms with Gasteiger partial charge in [0, 0.05) is 0 Å². The number of hydrogen-bond acceptors (Lipinski definition) is 5. The molecule has 0 amide bonds. The fourth-order valence-electron chi connectivity index (χ4n) is 2.29. The van der Waals surface area contributed by atoms with Crippen molar-refractivity contribution in [2.24, 2.45) is 11.8 Å². The molecule has 0 heterocycles. The van der Waals surface area contributed by atoms with Crippen molar-refractivity contribution in [2.75, 3.05) is 13.2 Å². The highest BCUT2D eigenvalue weighted by molar-refractivity contribution is 5.92. The Morgan fingerprint density at radius 3 is 1.93 bits per heavy atom. The van der Waals surface area contributed by atoms with Crippen LogP contribution in [0.5, 0.6) is 11.5 Å².